The van der Waals surface area contributed by atoms with Crippen molar-refractivity contribution < 1.29 is 19.4 Å². The molecule has 0 radical (unpaired) electrons. The van der Waals surface area contributed by atoms with Crippen LogP contribution in [0.4, 0.5) is 9.93 Å². The molecule has 2 heterocycles. The highest BCUT2D eigenvalue weighted by Gasteiger charge is 2.28. The summed E-state index contributed by atoms with van der Waals surface area (Å²) in [5.74, 6) is -0.157. The highest BCUT2D eigenvalue weighted by atomic mass is 32.1. The molecule has 1 fully saturated rings. The molecule has 0 unspecified atom stereocenters. The van der Waals surface area contributed by atoms with Crippen molar-refractivity contribution in [2.75, 3.05) is 24.5 Å². The summed E-state index contributed by atoms with van der Waals surface area (Å²) in [6, 6.07) is -0.244. The van der Waals surface area contributed by atoms with E-state index in [1.807, 2.05) is 18.7 Å². The van der Waals surface area contributed by atoms with E-state index in [0.29, 0.717) is 18.8 Å². The van der Waals surface area contributed by atoms with Gasteiger partial charge in [0.2, 0.25) is 0 Å². The van der Waals surface area contributed by atoms with Crippen molar-refractivity contribution in [1.29, 1.82) is 0 Å². The van der Waals surface area contributed by atoms with Gasteiger partial charge < -0.3 is 25.4 Å². The lowest BCUT2D eigenvalue weighted by Crippen LogP contribution is -2.50. The number of aliphatic hydroxyl groups is 1. The van der Waals surface area contributed by atoms with Gasteiger partial charge >= 0.3 is 6.09 Å². The monoisotopic (exact) mass is 384 g/mol. The minimum atomic E-state index is -0.567. The fourth-order valence-electron chi connectivity index (χ4n) is 2.33. The molecule has 1 aliphatic rings. The summed E-state index contributed by atoms with van der Waals surface area (Å²) < 4.78 is 5.22. The van der Waals surface area contributed by atoms with Crippen LogP contribution in [-0.2, 0) is 4.74 Å². The first kappa shape index (κ1) is 20.4. The number of thiazole rings is 1. The molecule has 26 heavy (non-hydrogen) atoms. The van der Waals surface area contributed by atoms with Gasteiger partial charge in [0.15, 0.2) is 5.13 Å². The van der Waals surface area contributed by atoms with Crippen LogP contribution in [-0.4, -0.2) is 59.5 Å². The summed E-state index contributed by atoms with van der Waals surface area (Å²) in [6.45, 7) is 10.7. The number of aliphatic hydroxyl groups excluding tert-OH is 1. The van der Waals surface area contributed by atoms with E-state index in [9.17, 15) is 14.7 Å². The molecule has 0 bridgehead atoms. The van der Waals surface area contributed by atoms with Crippen molar-refractivity contribution in [2.24, 2.45) is 5.92 Å². The number of ether oxygens (including phenoxy) is 1. The van der Waals surface area contributed by atoms with Gasteiger partial charge in [-0.2, -0.15) is 0 Å². The number of β-amino-alcohol motifs (C(OH)–C–C–N with tert-alkyl or cyclic N) is 1. The molecule has 0 saturated carbocycles. The van der Waals surface area contributed by atoms with Crippen molar-refractivity contribution in [3.05, 3.63) is 11.1 Å². The molecule has 1 aromatic rings. The number of alkyl carbamates (subject to hydrolysis) is 1. The van der Waals surface area contributed by atoms with E-state index in [4.69, 9.17) is 4.74 Å². The third-order valence-electron chi connectivity index (χ3n) is 3.84. The Hall–Kier alpha value is -1.87. The predicted molar refractivity (Wildman–Crippen MR) is 101 cm³/mol. The van der Waals surface area contributed by atoms with Gasteiger partial charge in [0.25, 0.3) is 5.91 Å². The Kier molecular flexibility index (Phi) is 6.46. The van der Waals surface area contributed by atoms with Crippen molar-refractivity contribution >= 4 is 28.5 Å². The molecule has 146 valence electrons. The van der Waals surface area contributed by atoms with Gasteiger partial charge in [0.05, 0.1) is 6.10 Å². The molecule has 0 spiro atoms. The second-order valence-electron chi connectivity index (χ2n) is 7.78. The summed E-state index contributed by atoms with van der Waals surface area (Å²) in [7, 11) is 0. The van der Waals surface area contributed by atoms with E-state index in [1.165, 1.54) is 11.3 Å². The van der Waals surface area contributed by atoms with Crippen LogP contribution in [0.5, 0.6) is 0 Å². The maximum atomic E-state index is 12.5. The minimum absolute atomic E-state index is 0.123. The summed E-state index contributed by atoms with van der Waals surface area (Å²) >= 11 is 1.38. The van der Waals surface area contributed by atoms with Gasteiger partial charge in [0, 0.05) is 31.1 Å². The molecule has 8 nitrogen and oxygen atoms in total. The van der Waals surface area contributed by atoms with Crippen molar-refractivity contribution in [3.63, 3.8) is 0 Å². The lowest BCUT2D eigenvalue weighted by molar-refractivity contribution is 0.0516. The Balaban J connectivity index is 1.88. The minimum Gasteiger partial charge on any atom is -0.444 e. The van der Waals surface area contributed by atoms with Crippen LogP contribution in [0.25, 0.3) is 0 Å². The second kappa shape index (κ2) is 8.22. The first-order valence-corrected chi connectivity index (χ1v) is 9.59. The summed E-state index contributed by atoms with van der Waals surface area (Å²) in [5.41, 5.74) is -0.225. The first-order valence-electron chi connectivity index (χ1n) is 8.71. The van der Waals surface area contributed by atoms with E-state index < -0.39 is 11.7 Å². The van der Waals surface area contributed by atoms with Crippen LogP contribution in [0.3, 0.4) is 0 Å². The molecule has 2 amide bonds. The quantitative estimate of drug-likeness (QED) is 0.688. The lowest BCUT2D eigenvalue weighted by atomic mass is 10.0. The summed E-state index contributed by atoms with van der Waals surface area (Å²) in [4.78, 5) is 30.5. The number of aromatic nitrogens is 1. The van der Waals surface area contributed by atoms with E-state index in [2.05, 4.69) is 15.6 Å². The Morgan fingerprint density at radius 1 is 1.42 bits per heavy atom. The molecule has 0 aromatic carbocycles. The first-order chi connectivity index (χ1) is 12.0. The van der Waals surface area contributed by atoms with E-state index in [-0.39, 0.29) is 30.5 Å². The SMILES string of the molecule is CC(C)[C@@H](CNC(=O)OC(C)(C)C)NC(=O)c1csc(N2CC(O)C2)n1. The molecule has 9 heteroatoms. The standard InChI is InChI=1S/C17H28N4O4S/c1-10(2)12(6-18-16(24)25-17(3,4)5)19-14(23)13-9-26-15(20-13)21-7-11(22)8-21/h9-12,22H,6-8H2,1-5H3,(H,18,24)(H,19,23)/t12-/m1/s1. The van der Waals surface area contributed by atoms with Gasteiger partial charge in [-0.25, -0.2) is 9.78 Å². The summed E-state index contributed by atoms with van der Waals surface area (Å²) in [5, 5.41) is 17.4. The number of carbonyl (C=O) groups is 2. The maximum Gasteiger partial charge on any atom is 0.407 e. The number of amides is 2. The third kappa shape index (κ3) is 5.84. The zero-order valence-electron chi connectivity index (χ0n) is 15.9. The topological polar surface area (TPSA) is 104 Å². The molecule has 1 saturated heterocycles. The molecule has 1 aliphatic heterocycles. The average molecular weight is 385 g/mol. The number of nitrogens with one attached hydrogen (secondary N) is 2. The van der Waals surface area contributed by atoms with Crippen LogP contribution in [0.15, 0.2) is 5.38 Å². The smallest absolute Gasteiger partial charge is 0.407 e. The second-order valence-corrected chi connectivity index (χ2v) is 8.62. The number of hydrogen-bond acceptors (Lipinski definition) is 7. The number of rotatable bonds is 6. The Morgan fingerprint density at radius 2 is 2.08 bits per heavy atom. The van der Waals surface area contributed by atoms with Gasteiger partial charge in [-0.3, -0.25) is 4.79 Å². The van der Waals surface area contributed by atoms with Crippen LogP contribution in [0, 0.1) is 5.92 Å². The van der Waals surface area contributed by atoms with Gasteiger partial charge in [-0.1, -0.05) is 13.8 Å². The van der Waals surface area contributed by atoms with E-state index in [1.54, 1.807) is 26.2 Å². The zero-order valence-corrected chi connectivity index (χ0v) is 16.7. The van der Waals surface area contributed by atoms with Crippen molar-refractivity contribution in [2.45, 2.75) is 52.4 Å². The highest BCUT2D eigenvalue weighted by Crippen LogP contribution is 2.25. The Morgan fingerprint density at radius 3 is 2.62 bits per heavy atom. The molecular weight excluding hydrogens is 356 g/mol. The lowest BCUT2D eigenvalue weighted by Gasteiger charge is -2.35. The molecule has 3 N–H and O–H groups in total. The number of hydrogen-bond donors (Lipinski definition) is 3. The van der Waals surface area contributed by atoms with Crippen molar-refractivity contribution in [1.82, 2.24) is 15.6 Å². The van der Waals surface area contributed by atoms with Gasteiger partial charge in [-0.05, 0) is 26.7 Å². The zero-order chi connectivity index (χ0) is 19.5. The third-order valence-corrected chi connectivity index (χ3v) is 4.75. The van der Waals surface area contributed by atoms with Crippen LogP contribution >= 0.6 is 11.3 Å². The number of nitrogens with zero attached hydrogens (tertiary/aromatic N) is 2. The predicted octanol–water partition coefficient (Wildman–Crippen LogP) is 1.60. The largest absolute Gasteiger partial charge is 0.444 e. The molecule has 0 aliphatic carbocycles. The van der Waals surface area contributed by atoms with E-state index >= 15 is 0 Å². The van der Waals surface area contributed by atoms with Crippen LogP contribution < -0.4 is 15.5 Å². The average Bonchev–Trinajstić information content (AvgIpc) is 2.95. The fraction of sp³-hybridized carbons (Fsp3) is 0.706. The van der Waals surface area contributed by atoms with Gasteiger partial charge in [-0.15, -0.1) is 11.3 Å². The molecule has 1 aromatic heterocycles. The van der Waals surface area contributed by atoms with Gasteiger partial charge in [0.1, 0.15) is 11.3 Å². The van der Waals surface area contributed by atoms with E-state index in [0.717, 1.165) is 5.13 Å². The highest BCUT2D eigenvalue weighted by molar-refractivity contribution is 7.14. The van der Waals surface area contributed by atoms with Crippen molar-refractivity contribution in [3.8, 4) is 0 Å². The molecule has 1 atom stereocenters. The number of anilines is 1. The maximum absolute atomic E-state index is 12.5. The van der Waals surface area contributed by atoms with Crippen LogP contribution in [0.2, 0.25) is 0 Å². The fourth-order valence-corrected chi connectivity index (χ4v) is 3.15. The number of carbonyl (C=O) groups excluding carboxylic acids is 2. The molecular formula is C17H28N4O4S. The normalized spacial score (nSPS) is 16.2. The Bertz CT molecular complexity index is 635. The Labute approximate surface area is 157 Å². The summed E-state index contributed by atoms with van der Waals surface area (Å²) in [6.07, 6.45) is -0.829. The van der Waals surface area contributed by atoms with Crippen LogP contribution in [0.1, 0.15) is 45.1 Å². The molecule has 2 rings (SSSR count).